The molecule has 1 fully saturated rings. The van der Waals surface area contributed by atoms with E-state index in [-0.39, 0.29) is 28.3 Å². The average molecular weight is 479 g/mol. The number of nitrogens with one attached hydrogen (secondary N) is 1. The van der Waals surface area contributed by atoms with Gasteiger partial charge in [0.1, 0.15) is 17.2 Å². The van der Waals surface area contributed by atoms with E-state index in [0.717, 1.165) is 24.5 Å². The second-order valence-corrected chi connectivity index (χ2v) is 11.0. The minimum Gasteiger partial charge on any atom is -0.491 e. The van der Waals surface area contributed by atoms with Crippen molar-refractivity contribution in [3.63, 3.8) is 0 Å². The highest BCUT2D eigenvalue weighted by Gasteiger charge is 2.27. The molecule has 0 saturated carbocycles. The van der Waals surface area contributed by atoms with Crippen LogP contribution in [0.25, 0.3) is 0 Å². The number of rotatable bonds is 6. The zero-order chi connectivity index (χ0) is 24.2. The number of halogens is 1. The Morgan fingerprint density at radius 3 is 2.36 bits per heavy atom. The summed E-state index contributed by atoms with van der Waals surface area (Å²) in [7, 11) is -3.90. The van der Waals surface area contributed by atoms with Crippen molar-refractivity contribution in [3.05, 3.63) is 53.8 Å². The van der Waals surface area contributed by atoms with Gasteiger partial charge in [-0.3, -0.25) is 4.72 Å². The first kappa shape index (κ1) is 24.8. The van der Waals surface area contributed by atoms with E-state index < -0.39 is 21.4 Å². The van der Waals surface area contributed by atoms with E-state index in [2.05, 4.69) is 4.72 Å². The minimum atomic E-state index is -3.90. The lowest BCUT2D eigenvalue weighted by Gasteiger charge is -2.33. The lowest BCUT2D eigenvalue weighted by atomic mass is 9.98. The molecule has 1 saturated heterocycles. The Morgan fingerprint density at radius 1 is 1.12 bits per heavy atom. The Kier molecular flexibility index (Phi) is 7.51. The van der Waals surface area contributed by atoms with Gasteiger partial charge in [0.2, 0.25) is 0 Å². The summed E-state index contributed by atoms with van der Waals surface area (Å²) in [5.74, 6) is -0.147. The van der Waals surface area contributed by atoms with E-state index in [1.54, 1.807) is 17.0 Å². The Balaban J connectivity index is 1.61. The van der Waals surface area contributed by atoms with Crippen LogP contribution in [0.4, 0.5) is 14.9 Å². The van der Waals surface area contributed by atoms with Crippen LogP contribution in [0.3, 0.4) is 0 Å². The Labute approximate surface area is 194 Å². The van der Waals surface area contributed by atoms with Crippen molar-refractivity contribution < 1.29 is 27.1 Å². The van der Waals surface area contributed by atoms with Crippen molar-refractivity contribution in [2.45, 2.75) is 51.0 Å². The van der Waals surface area contributed by atoms with Gasteiger partial charge in [-0.1, -0.05) is 17.7 Å². The number of hydrogen-bond donors (Lipinski definition) is 1. The zero-order valence-corrected chi connectivity index (χ0v) is 20.2. The monoisotopic (exact) mass is 478 g/mol. The second kappa shape index (κ2) is 9.99. The van der Waals surface area contributed by atoms with E-state index >= 15 is 0 Å². The zero-order valence-electron chi connectivity index (χ0n) is 19.4. The molecule has 0 unspecified atom stereocenters. The normalized spacial score (nSPS) is 15.2. The number of piperidine rings is 1. The summed E-state index contributed by atoms with van der Waals surface area (Å²) in [4.78, 5) is 14.0. The maximum atomic E-state index is 13.9. The van der Waals surface area contributed by atoms with Crippen molar-refractivity contribution >= 4 is 21.8 Å². The van der Waals surface area contributed by atoms with Gasteiger partial charge in [-0.2, -0.15) is 0 Å². The Morgan fingerprint density at radius 2 is 1.76 bits per heavy atom. The largest absolute Gasteiger partial charge is 0.491 e. The van der Waals surface area contributed by atoms with Crippen molar-refractivity contribution in [3.8, 4) is 5.75 Å². The van der Waals surface area contributed by atoms with Crippen molar-refractivity contribution in [2.75, 3.05) is 24.4 Å². The van der Waals surface area contributed by atoms with Gasteiger partial charge >= 0.3 is 6.09 Å². The molecular weight excluding hydrogens is 447 g/mol. The molecular formula is C24H31FN2O5S. The highest BCUT2D eigenvalue weighted by Crippen LogP contribution is 2.30. The van der Waals surface area contributed by atoms with E-state index in [1.807, 2.05) is 27.7 Å². The summed E-state index contributed by atoms with van der Waals surface area (Å²) in [6.07, 6.45) is 1.13. The number of carbonyl (C=O) groups excluding carboxylic acids is 1. The van der Waals surface area contributed by atoms with Crippen LogP contribution in [0.1, 0.15) is 39.2 Å². The fourth-order valence-electron chi connectivity index (χ4n) is 3.45. The van der Waals surface area contributed by atoms with Crippen molar-refractivity contribution in [2.24, 2.45) is 5.92 Å². The third-order valence-corrected chi connectivity index (χ3v) is 6.64. The maximum Gasteiger partial charge on any atom is 0.410 e. The summed E-state index contributed by atoms with van der Waals surface area (Å²) in [6, 6.07) is 10.1. The van der Waals surface area contributed by atoms with Crippen LogP contribution < -0.4 is 9.46 Å². The first-order chi connectivity index (χ1) is 15.4. The SMILES string of the molecule is Cc1ccc(S(=O)(=O)Nc2cc(F)ccc2OCC2CCN(C(=O)OC(C)(C)C)CC2)cc1. The van der Waals surface area contributed by atoms with Gasteiger partial charge in [0.25, 0.3) is 10.0 Å². The van der Waals surface area contributed by atoms with Gasteiger partial charge in [0.15, 0.2) is 0 Å². The highest BCUT2D eigenvalue weighted by atomic mass is 32.2. The van der Waals surface area contributed by atoms with Crippen LogP contribution in [0.15, 0.2) is 47.4 Å². The predicted molar refractivity (Wildman–Crippen MR) is 124 cm³/mol. The molecule has 0 aromatic heterocycles. The highest BCUT2D eigenvalue weighted by molar-refractivity contribution is 7.92. The molecule has 2 aromatic carbocycles. The fourth-order valence-corrected chi connectivity index (χ4v) is 4.51. The molecule has 2 aromatic rings. The van der Waals surface area contributed by atoms with Crippen LogP contribution >= 0.6 is 0 Å². The smallest absolute Gasteiger partial charge is 0.410 e. The molecule has 7 nitrogen and oxygen atoms in total. The number of anilines is 1. The summed E-state index contributed by atoms with van der Waals surface area (Å²) < 4.78 is 53.1. The van der Waals surface area contributed by atoms with Crippen LogP contribution in [-0.2, 0) is 14.8 Å². The summed E-state index contributed by atoms with van der Waals surface area (Å²) in [6.45, 7) is 8.79. The molecule has 1 aliphatic heterocycles. The molecule has 33 heavy (non-hydrogen) atoms. The molecule has 0 bridgehead atoms. The molecule has 3 rings (SSSR count). The molecule has 9 heteroatoms. The number of ether oxygens (including phenoxy) is 2. The van der Waals surface area contributed by atoms with Crippen molar-refractivity contribution in [1.82, 2.24) is 4.90 Å². The third kappa shape index (κ3) is 7.08. The number of aryl methyl sites for hydroxylation is 1. The molecule has 1 amide bonds. The fraction of sp³-hybridized carbons (Fsp3) is 0.458. The summed E-state index contributed by atoms with van der Waals surface area (Å²) >= 11 is 0. The maximum absolute atomic E-state index is 13.9. The summed E-state index contributed by atoms with van der Waals surface area (Å²) in [5.41, 5.74) is 0.435. The number of nitrogens with zero attached hydrogens (tertiary/aromatic N) is 1. The van der Waals surface area contributed by atoms with Gasteiger partial charge in [-0.15, -0.1) is 0 Å². The lowest BCUT2D eigenvalue weighted by molar-refractivity contribution is 0.0165. The number of sulfonamides is 1. The van der Waals surface area contributed by atoms with Gasteiger partial charge in [0.05, 0.1) is 17.2 Å². The number of likely N-dealkylation sites (tertiary alicyclic amines) is 1. The van der Waals surface area contributed by atoms with E-state index in [9.17, 15) is 17.6 Å². The molecule has 0 radical (unpaired) electrons. The molecule has 0 atom stereocenters. The van der Waals surface area contributed by atoms with Crippen molar-refractivity contribution in [1.29, 1.82) is 0 Å². The Bertz CT molecular complexity index is 1070. The third-order valence-electron chi connectivity index (χ3n) is 5.26. The molecule has 1 heterocycles. The lowest BCUT2D eigenvalue weighted by Crippen LogP contribution is -2.42. The topological polar surface area (TPSA) is 84.9 Å². The van der Waals surface area contributed by atoms with Gasteiger partial charge in [-0.05, 0) is 70.7 Å². The quantitative estimate of drug-likeness (QED) is 0.634. The number of carbonyl (C=O) groups is 1. The number of hydrogen-bond acceptors (Lipinski definition) is 5. The predicted octanol–water partition coefficient (Wildman–Crippen LogP) is 4.96. The summed E-state index contributed by atoms with van der Waals surface area (Å²) in [5, 5.41) is 0. The molecule has 0 spiro atoms. The first-order valence-corrected chi connectivity index (χ1v) is 12.4. The van der Waals surface area contributed by atoms with E-state index in [4.69, 9.17) is 9.47 Å². The molecule has 0 aliphatic carbocycles. The molecule has 1 N–H and O–H groups in total. The van der Waals surface area contributed by atoms with Crippen LogP contribution in [-0.4, -0.2) is 44.7 Å². The van der Waals surface area contributed by atoms with Gasteiger partial charge in [-0.25, -0.2) is 17.6 Å². The second-order valence-electron chi connectivity index (χ2n) is 9.28. The standard InChI is InChI=1S/C24H31FN2O5S/c1-17-5-8-20(9-6-17)33(29,30)26-21-15-19(25)7-10-22(21)31-16-18-11-13-27(14-12-18)23(28)32-24(2,3)4/h5-10,15,18,26H,11-14,16H2,1-4H3. The van der Waals surface area contributed by atoms with Crippen LogP contribution in [0.2, 0.25) is 0 Å². The van der Waals surface area contributed by atoms with E-state index in [1.165, 1.54) is 24.3 Å². The van der Waals surface area contributed by atoms with Gasteiger partial charge < -0.3 is 14.4 Å². The van der Waals surface area contributed by atoms with Crippen LogP contribution in [0.5, 0.6) is 5.75 Å². The molecule has 1 aliphatic rings. The molecule has 180 valence electrons. The van der Waals surface area contributed by atoms with Gasteiger partial charge in [0, 0.05) is 19.2 Å². The number of benzene rings is 2. The number of amides is 1. The average Bonchev–Trinajstić information content (AvgIpc) is 2.72. The minimum absolute atomic E-state index is 0.0433. The Hall–Kier alpha value is -2.81. The van der Waals surface area contributed by atoms with Crippen LogP contribution in [0, 0.1) is 18.7 Å². The first-order valence-electron chi connectivity index (χ1n) is 10.9. The van der Waals surface area contributed by atoms with E-state index in [0.29, 0.717) is 19.7 Å².